The third kappa shape index (κ3) is 5.10. The molecular weight excluding hydrogens is 457 g/mol. The zero-order valence-corrected chi connectivity index (χ0v) is 18.3. The molecule has 1 heterocycles. The smallest absolute Gasteiger partial charge is 0.319 e. The largest absolute Gasteiger partial charge is 0.468 e. The molecule has 32 heavy (non-hydrogen) atoms. The van der Waals surface area contributed by atoms with Crippen molar-refractivity contribution in [1.82, 2.24) is 5.32 Å². The van der Waals surface area contributed by atoms with Gasteiger partial charge >= 0.3 is 5.97 Å². The fourth-order valence-electron chi connectivity index (χ4n) is 3.25. The van der Waals surface area contributed by atoms with Gasteiger partial charge in [-0.3, -0.25) is 14.4 Å². The van der Waals surface area contributed by atoms with E-state index in [0.29, 0.717) is 11.3 Å². The lowest BCUT2D eigenvalue weighted by Gasteiger charge is -2.30. The van der Waals surface area contributed by atoms with E-state index in [-0.39, 0.29) is 21.4 Å². The number of ether oxygens (including phenoxy) is 1. The molecule has 0 bridgehead atoms. The van der Waals surface area contributed by atoms with Crippen molar-refractivity contribution in [3.05, 3.63) is 75.5 Å². The number of nitriles is 1. The van der Waals surface area contributed by atoms with Crippen molar-refractivity contribution in [3.8, 4) is 6.07 Å². The summed E-state index contributed by atoms with van der Waals surface area (Å²) in [7, 11) is 1.17. The van der Waals surface area contributed by atoms with Crippen molar-refractivity contribution in [2.45, 2.75) is 5.92 Å². The number of halogens is 2. The molecule has 0 aliphatic carbocycles. The monoisotopic (exact) mass is 473 g/mol. The minimum absolute atomic E-state index is 0.135. The van der Waals surface area contributed by atoms with Crippen LogP contribution < -0.4 is 10.6 Å². The number of hydrogen-bond donors (Lipinski definition) is 2. The first kappa shape index (κ1) is 23.3. The summed E-state index contributed by atoms with van der Waals surface area (Å²) in [6.45, 7) is 0. The molecule has 0 saturated heterocycles. The maximum Gasteiger partial charge on any atom is 0.319 e. The number of esters is 1. The predicted molar refractivity (Wildman–Crippen MR) is 118 cm³/mol. The molecule has 0 fully saturated rings. The second kappa shape index (κ2) is 10.3. The van der Waals surface area contributed by atoms with Crippen molar-refractivity contribution in [3.63, 3.8) is 0 Å². The summed E-state index contributed by atoms with van der Waals surface area (Å²) in [6.07, 6.45) is 0. The summed E-state index contributed by atoms with van der Waals surface area (Å²) >= 11 is 6.66. The summed E-state index contributed by atoms with van der Waals surface area (Å²) in [5.74, 6) is -4.71. The summed E-state index contributed by atoms with van der Waals surface area (Å²) < 4.78 is 18.1. The Morgan fingerprint density at radius 2 is 2.00 bits per heavy atom. The average Bonchev–Trinajstić information content (AvgIpc) is 2.79. The Hall–Kier alpha value is -3.35. The first-order valence-corrected chi connectivity index (χ1v) is 10.7. The maximum absolute atomic E-state index is 13.3. The second-order valence-electron chi connectivity index (χ2n) is 6.70. The predicted octanol–water partition coefficient (Wildman–Crippen LogP) is 3.59. The summed E-state index contributed by atoms with van der Waals surface area (Å²) in [5, 5.41) is 15.0. The molecule has 10 heteroatoms. The number of amides is 2. The van der Waals surface area contributed by atoms with E-state index in [1.165, 1.54) is 19.2 Å². The Bertz CT molecular complexity index is 1130. The highest BCUT2D eigenvalue weighted by Crippen LogP contribution is 2.40. The molecule has 0 spiro atoms. The number of benzene rings is 2. The van der Waals surface area contributed by atoms with Crippen LogP contribution in [0.3, 0.4) is 0 Å². The fourth-order valence-corrected chi connectivity index (χ4v) is 4.28. The topological polar surface area (TPSA) is 108 Å². The Kier molecular flexibility index (Phi) is 7.51. The van der Waals surface area contributed by atoms with Gasteiger partial charge in [0.05, 0.1) is 34.6 Å². The second-order valence-corrected chi connectivity index (χ2v) is 8.09. The van der Waals surface area contributed by atoms with Gasteiger partial charge in [-0.1, -0.05) is 53.7 Å². The minimum atomic E-state index is -1.24. The molecule has 0 unspecified atom stereocenters. The van der Waals surface area contributed by atoms with Crippen LogP contribution in [-0.2, 0) is 19.1 Å². The van der Waals surface area contributed by atoms with E-state index in [0.717, 1.165) is 17.8 Å². The van der Waals surface area contributed by atoms with Crippen LogP contribution in [0, 0.1) is 23.1 Å². The molecule has 1 aliphatic heterocycles. The van der Waals surface area contributed by atoms with E-state index in [1.54, 1.807) is 30.3 Å². The highest BCUT2D eigenvalue weighted by Gasteiger charge is 2.44. The van der Waals surface area contributed by atoms with Gasteiger partial charge in [0, 0.05) is 11.6 Å². The van der Waals surface area contributed by atoms with E-state index in [1.807, 2.05) is 0 Å². The SMILES string of the molecule is COC(=O)[C@H]1C(=O)NC(SCC(=O)Nc2ccc(F)c(Cl)c2)=C(C#N)[C@H]1c1ccccc1. The van der Waals surface area contributed by atoms with Gasteiger partial charge in [-0.15, -0.1) is 0 Å². The van der Waals surface area contributed by atoms with Crippen LogP contribution in [0.5, 0.6) is 0 Å². The standard InChI is InChI=1S/C22H17ClFN3O4S/c1-31-22(30)19-18(12-5-3-2-4-6-12)14(10-25)21(27-20(19)29)32-11-17(28)26-13-7-8-16(24)15(23)9-13/h2-9,18-19H,11H2,1H3,(H,26,28)(H,27,29)/t18-,19-/m1/s1. The zero-order valence-electron chi connectivity index (χ0n) is 16.7. The van der Waals surface area contributed by atoms with Gasteiger partial charge in [-0.2, -0.15) is 5.26 Å². The van der Waals surface area contributed by atoms with Gasteiger partial charge in [0.25, 0.3) is 0 Å². The number of anilines is 1. The molecule has 7 nitrogen and oxygen atoms in total. The van der Waals surface area contributed by atoms with Crippen molar-refractivity contribution < 1.29 is 23.5 Å². The number of carbonyl (C=O) groups excluding carboxylic acids is 3. The number of carbonyl (C=O) groups is 3. The lowest BCUT2D eigenvalue weighted by atomic mass is 9.78. The molecule has 0 radical (unpaired) electrons. The molecule has 2 N–H and O–H groups in total. The van der Waals surface area contributed by atoms with Gasteiger partial charge in [0.2, 0.25) is 11.8 Å². The van der Waals surface area contributed by atoms with Crippen LogP contribution in [0.25, 0.3) is 0 Å². The average molecular weight is 474 g/mol. The Morgan fingerprint density at radius 1 is 1.28 bits per heavy atom. The number of rotatable bonds is 6. The first-order chi connectivity index (χ1) is 15.3. The van der Waals surface area contributed by atoms with Crippen LogP contribution in [0.1, 0.15) is 11.5 Å². The molecule has 0 saturated carbocycles. The van der Waals surface area contributed by atoms with Gasteiger partial charge in [0.15, 0.2) is 0 Å². The van der Waals surface area contributed by atoms with E-state index in [9.17, 15) is 24.0 Å². The van der Waals surface area contributed by atoms with Crippen LogP contribution in [-0.4, -0.2) is 30.6 Å². The Labute approximate surface area is 192 Å². The molecule has 3 rings (SSSR count). The number of thioether (sulfide) groups is 1. The molecule has 164 valence electrons. The van der Waals surface area contributed by atoms with Gasteiger partial charge in [-0.25, -0.2) is 4.39 Å². The Morgan fingerprint density at radius 3 is 2.62 bits per heavy atom. The summed E-state index contributed by atoms with van der Waals surface area (Å²) in [5.41, 5.74) is 1.05. The van der Waals surface area contributed by atoms with Gasteiger partial charge in [0.1, 0.15) is 11.7 Å². The first-order valence-electron chi connectivity index (χ1n) is 9.31. The van der Waals surface area contributed by atoms with Crippen LogP contribution in [0.15, 0.2) is 59.1 Å². The molecular formula is C22H17ClFN3O4S. The number of hydrogen-bond acceptors (Lipinski definition) is 6. The number of nitrogens with one attached hydrogen (secondary N) is 2. The highest BCUT2D eigenvalue weighted by molar-refractivity contribution is 8.03. The lowest BCUT2D eigenvalue weighted by Crippen LogP contribution is -2.44. The van der Waals surface area contributed by atoms with Crippen molar-refractivity contribution in [2.75, 3.05) is 18.2 Å². The molecule has 0 aromatic heterocycles. The van der Waals surface area contributed by atoms with Gasteiger partial charge < -0.3 is 15.4 Å². The highest BCUT2D eigenvalue weighted by atomic mass is 35.5. The van der Waals surface area contributed by atoms with Crippen LogP contribution >= 0.6 is 23.4 Å². The molecule has 1 aliphatic rings. The van der Waals surface area contributed by atoms with Crippen molar-refractivity contribution >= 4 is 46.8 Å². The van der Waals surface area contributed by atoms with Crippen molar-refractivity contribution in [1.29, 1.82) is 5.26 Å². The van der Waals surface area contributed by atoms with E-state index in [4.69, 9.17) is 16.3 Å². The number of methoxy groups -OCH3 is 1. The maximum atomic E-state index is 13.3. The number of nitrogens with zero attached hydrogens (tertiary/aromatic N) is 1. The van der Waals surface area contributed by atoms with E-state index in [2.05, 4.69) is 16.7 Å². The Balaban J connectivity index is 1.85. The minimum Gasteiger partial charge on any atom is -0.468 e. The molecule has 2 atom stereocenters. The van der Waals surface area contributed by atoms with E-state index >= 15 is 0 Å². The molecule has 2 aromatic rings. The van der Waals surface area contributed by atoms with Crippen molar-refractivity contribution in [2.24, 2.45) is 5.92 Å². The normalized spacial score (nSPS) is 17.9. The summed E-state index contributed by atoms with van der Waals surface area (Å²) in [4.78, 5) is 37.4. The quantitative estimate of drug-likeness (QED) is 0.490. The third-order valence-electron chi connectivity index (χ3n) is 4.69. The van der Waals surface area contributed by atoms with Crippen LogP contribution in [0.2, 0.25) is 5.02 Å². The molecule has 2 amide bonds. The summed E-state index contributed by atoms with van der Waals surface area (Å²) in [6, 6.07) is 14.5. The lowest BCUT2D eigenvalue weighted by molar-refractivity contribution is -0.150. The number of allylic oxidation sites excluding steroid dienone is 1. The van der Waals surface area contributed by atoms with Gasteiger partial charge in [-0.05, 0) is 23.8 Å². The fraction of sp³-hybridized carbons (Fsp3) is 0.182. The van der Waals surface area contributed by atoms with Crippen LogP contribution in [0.4, 0.5) is 10.1 Å². The zero-order chi connectivity index (χ0) is 23.3. The molecule has 2 aromatic carbocycles. The third-order valence-corrected chi connectivity index (χ3v) is 6.00. The van der Waals surface area contributed by atoms with E-state index < -0.39 is 35.4 Å².